The molecule has 12 heavy (non-hydrogen) atoms. The van der Waals surface area contributed by atoms with Gasteiger partial charge < -0.3 is 0 Å². The number of rotatable bonds is 2. The Morgan fingerprint density at radius 2 is 1.92 bits per heavy atom. The Labute approximate surface area is 75.7 Å². The molecular formula is C12H20. The van der Waals surface area contributed by atoms with Gasteiger partial charge in [0.2, 0.25) is 0 Å². The molecule has 0 radical (unpaired) electrons. The highest BCUT2D eigenvalue weighted by atomic mass is 14.8. The average Bonchev–Trinajstić information content (AvgIpc) is 2.82. The van der Waals surface area contributed by atoms with E-state index in [9.17, 15) is 0 Å². The van der Waals surface area contributed by atoms with E-state index in [1.807, 2.05) is 0 Å². The highest BCUT2D eigenvalue weighted by molar-refractivity contribution is 5.27. The highest BCUT2D eigenvalue weighted by Gasteiger charge is 2.80. The Bertz CT molecular complexity index is 220. The number of fused-ring (bicyclic) bond motifs is 1. The molecule has 3 fully saturated rings. The van der Waals surface area contributed by atoms with E-state index in [4.69, 9.17) is 0 Å². The summed E-state index contributed by atoms with van der Waals surface area (Å²) in [6.45, 7) is 7.38. The molecule has 6 unspecified atom stereocenters. The van der Waals surface area contributed by atoms with Crippen molar-refractivity contribution in [2.75, 3.05) is 0 Å². The lowest BCUT2D eigenvalue weighted by Gasteiger charge is -2.35. The maximum Gasteiger partial charge on any atom is -0.0232 e. The van der Waals surface area contributed by atoms with E-state index in [-0.39, 0.29) is 0 Å². The maximum absolute atomic E-state index is 2.51. The summed E-state index contributed by atoms with van der Waals surface area (Å²) in [7, 11) is 0. The van der Waals surface area contributed by atoms with Gasteiger partial charge >= 0.3 is 0 Å². The normalized spacial score (nSPS) is 66.8. The van der Waals surface area contributed by atoms with Crippen LogP contribution in [0.1, 0.15) is 40.0 Å². The lowest BCUT2D eigenvalue weighted by Crippen LogP contribution is -2.25. The Balaban J connectivity index is 1.54. The minimum absolute atomic E-state index is 0.843. The first-order valence-electron chi connectivity index (χ1n) is 5.65. The lowest BCUT2D eigenvalue weighted by molar-refractivity contribution is 0.154. The molecule has 0 aromatic rings. The summed E-state index contributed by atoms with van der Waals surface area (Å²) in [6, 6.07) is 0. The first kappa shape index (κ1) is 7.41. The summed E-state index contributed by atoms with van der Waals surface area (Å²) in [4.78, 5) is 0. The summed E-state index contributed by atoms with van der Waals surface area (Å²) in [6.07, 6.45) is 4.62. The van der Waals surface area contributed by atoms with E-state index in [0.29, 0.717) is 0 Å². The molecule has 3 rings (SSSR count). The topological polar surface area (TPSA) is 0 Å². The number of hydrogen-bond acceptors (Lipinski definition) is 0. The van der Waals surface area contributed by atoms with Crippen molar-refractivity contribution < 1.29 is 0 Å². The quantitative estimate of drug-likeness (QED) is 0.587. The van der Waals surface area contributed by atoms with Crippen LogP contribution >= 0.6 is 0 Å². The molecule has 0 heterocycles. The van der Waals surface area contributed by atoms with Crippen molar-refractivity contribution in [2.45, 2.75) is 40.0 Å². The first-order chi connectivity index (χ1) is 5.65. The molecule has 68 valence electrons. The van der Waals surface area contributed by atoms with Crippen molar-refractivity contribution in [3.8, 4) is 0 Å². The molecule has 0 N–H and O–H groups in total. The molecule has 0 aromatic heterocycles. The van der Waals surface area contributed by atoms with E-state index in [2.05, 4.69) is 20.8 Å². The SMILES string of the molecule is CC1CCC1CC1C2C(C)C12C. The minimum Gasteiger partial charge on any atom is -0.0622 e. The van der Waals surface area contributed by atoms with Crippen molar-refractivity contribution in [3.63, 3.8) is 0 Å². The van der Waals surface area contributed by atoms with E-state index in [1.54, 1.807) is 6.42 Å². The summed E-state index contributed by atoms with van der Waals surface area (Å²) in [5.41, 5.74) is 0.843. The van der Waals surface area contributed by atoms with Crippen molar-refractivity contribution in [1.29, 1.82) is 0 Å². The molecule has 0 amide bonds. The third-order valence-electron chi connectivity index (χ3n) is 5.61. The maximum atomic E-state index is 2.51. The van der Waals surface area contributed by atoms with Gasteiger partial charge in [0, 0.05) is 0 Å². The van der Waals surface area contributed by atoms with Crippen LogP contribution in [0, 0.1) is 35.0 Å². The molecule has 6 atom stereocenters. The molecule has 3 aliphatic rings. The second kappa shape index (κ2) is 1.91. The Morgan fingerprint density at radius 1 is 1.25 bits per heavy atom. The highest BCUT2D eigenvalue weighted by Crippen LogP contribution is 2.85. The standard InChI is InChI=1S/C12H20/c1-7-4-5-9(7)6-10-11-8(2)12(10,11)3/h7-11H,4-6H2,1-3H3. The van der Waals surface area contributed by atoms with Gasteiger partial charge in [0.1, 0.15) is 0 Å². The zero-order valence-electron chi connectivity index (χ0n) is 8.51. The van der Waals surface area contributed by atoms with Crippen molar-refractivity contribution in [2.24, 2.45) is 35.0 Å². The van der Waals surface area contributed by atoms with Gasteiger partial charge in [-0.2, -0.15) is 0 Å². The van der Waals surface area contributed by atoms with Crippen LogP contribution in [0.25, 0.3) is 0 Å². The summed E-state index contributed by atoms with van der Waals surface area (Å²) < 4.78 is 0. The van der Waals surface area contributed by atoms with E-state index >= 15 is 0 Å². The Kier molecular flexibility index (Phi) is 1.18. The van der Waals surface area contributed by atoms with Gasteiger partial charge in [0.15, 0.2) is 0 Å². The molecule has 3 aliphatic carbocycles. The zero-order valence-corrected chi connectivity index (χ0v) is 8.51. The molecule has 0 aliphatic heterocycles. The van der Waals surface area contributed by atoms with Crippen LogP contribution in [0.5, 0.6) is 0 Å². The summed E-state index contributed by atoms with van der Waals surface area (Å²) in [5, 5.41) is 0. The smallest absolute Gasteiger partial charge is 0.0232 e. The van der Waals surface area contributed by atoms with Crippen LogP contribution < -0.4 is 0 Å². The van der Waals surface area contributed by atoms with Gasteiger partial charge in [-0.15, -0.1) is 0 Å². The summed E-state index contributed by atoms with van der Waals surface area (Å²) >= 11 is 0. The van der Waals surface area contributed by atoms with Crippen LogP contribution in [0.15, 0.2) is 0 Å². The van der Waals surface area contributed by atoms with Crippen molar-refractivity contribution >= 4 is 0 Å². The molecule has 0 aromatic carbocycles. The third-order valence-corrected chi connectivity index (χ3v) is 5.61. The average molecular weight is 164 g/mol. The molecular weight excluding hydrogens is 144 g/mol. The zero-order chi connectivity index (χ0) is 8.51. The van der Waals surface area contributed by atoms with Gasteiger partial charge in [-0.1, -0.05) is 27.2 Å². The summed E-state index contributed by atoms with van der Waals surface area (Å²) in [5.74, 6) is 5.57. The van der Waals surface area contributed by atoms with Crippen LogP contribution in [0.3, 0.4) is 0 Å². The van der Waals surface area contributed by atoms with Crippen molar-refractivity contribution in [1.82, 2.24) is 0 Å². The predicted octanol–water partition coefficient (Wildman–Crippen LogP) is 3.32. The Hall–Kier alpha value is 0. The fourth-order valence-electron chi connectivity index (χ4n) is 3.84. The van der Waals surface area contributed by atoms with Gasteiger partial charge in [-0.3, -0.25) is 0 Å². The molecule has 0 nitrogen and oxygen atoms in total. The molecule has 0 saturated heterocycles. The fraction of sp³-hybridized carbons (Fsp3) is 1.00. The van der Waals surface area contributed by atoms with E-state index in [1.165, 1.54) is 12.8 Å². The van der Waals surface area contributed by atoms with Crippen LogP contribution in [0.2, 0.25) is 0 Å². The van der Waals surface area contributed by atoms with Gasteiger partial charge in [-0.25, -0.2) is 0 Å². The minimum atomic E-state index is 0.843. The number of hydrogen-bond donors (Lipinski definition) is 0. The van der Waals surface area contributed by atoms with Crippen molar-refractivity contribution in [3.05, 3.63) is 0 Å². The van der Waals surface area contributed by atoms with Gasteiger partial charge in [0.05, 0.1) is 0 Å². The van der Waals surface area contributed by atoms with Crippen LogP contribution in [0.4, 0.5) is 0 Å². The molecule has 0 spiro atoms. The molecule has 3 saturated carbocycles. The van der Waals surface area contributed by atoms with E-state index in [0.717, 1.165) is 35.0 Å². The third kappa shape index (κ3) is 0.661. The van der Waals surface area contributed by atoms with E-state index < -0.39 is 0 Å². The van der Waals surface area contributed by atoms with Gasteiger partial charge in [-0.05, 0) is 47.8 Å². The predicted molar refractivity (Wildman–Crippen MR) is 50.8 cm³/mol. The van der Waals surface area contributed by atoms with Gasteiger partial charge in [0.25, 0.3) is 0 Å². The Morgan fingerprint density at radius 3 is 2.25 bits per heavy atom. The van der Waals surface area contributed by atoms with Crippen LogP contribution in [-0.4, -0.2) is 0 Å². The first-order valence-corrected chi connectivity index (χ1v) is 5.65. The monoisotopic (exact) mass is 164 g/mol. The second-order valence-corrected chi connectivity index (χ2v) is 5.84. The van der Waals surface area contributed by atoms with Crippen LogP contribution in [-0.2, 0) is 0 Å². The largest absolute Gasteiger partial charge is 0.0622 e. The molecule has 0 heteroatoms. The fourth-order valence-corrected chi connectivity index (χ4v) is 3.84. The second-order valence-electron chi connectivity index (χ2n) is 5.84. The lowest BCUT2D eigenvalue weighted by atomic mass is 9.70. The molecule has 0 bridgehead atoms.